The van der Waals surface area contributed by atoms with Gasteiger partial charge in [0.25, 0.3) is 0 Å². The highest BCUT2D eigenvalue weighted by molar-refractivity contribution is 7.17. The van der Waals surface area contributed by atoms with Crippen LogP contribution >= 0.6 is 11.3 Å². The highest BCUT2D eigenvalue weighted by Gasteiger charge is 2.26. The lowest BCUT2D eigenvalue weighted by Gasteiger charge is -2.36. The van der Waals surface area contributed by atoms with E-state index in [-0.39, 0.29) is 18.2 Å². The van der Waals surface area contributed by atoms with Crippen molar-refractivity contribution in [2.45, 2.75) is 25.7 Å². The second kappa shape index (κ2) is 12.7. The van der Waals surface area contributed by atoms with Crippen LogP contribution in [0.2, 0.25) is 0 Å². The molecule has 6 rings (SSSR count). The SMILES string of the molecule is O=C(OCN1C(=O)CCc2ccc(OCCCCN3CCN(c4cccc5sccc45)CC3)cc21)c1cncnc1. The van der Waals surface area contributed by atoms with Crippen LogP contribution in [0.25, 0.3) is 10.1 Å². The molecule has 9 nitrogen and oxygen atoms in total. The summed E-state index contributed by atoms with van der Waals surface area (Å²) >= 11 is 1.80. The van der Waals surface area contributed by atoms with Crippen molar-refractivity contribution in [3.63, 3.8) is 0 Å². The summed E-state index contributed by atoms with van der Waals surface area (Å²) in [5.74, 6) is 0.0560. The number of esters is 1. The number of hydrogen-bond acceptors (Lipinski definition) is 9. The van der Waals surface area contributed by atoms with Crippen LogP contribution in [-0.4, -0.2) is 72.8 Å². The molecule has 1 fully saturated rings. The molecule has 10 heteroatoms. The number of anilines is 2. The first-order valence-corrected chi connectivity index (χ1v) is 15.0. The Hall–Kier alpha value is -4.02. The van der Waals surface area contributed by atoms with Crippen molar-refractivity contribution in [3.8, 4) is 5.75 Å². The van der Waals surface area contributed by atoms with E-state index in [2.05, 4.69) is 49.4 Å². The smallest absolute Gasteiger partial charge is 0.343 e. The largest absolute Gasteiger partial charge is 0.494 e. The van der Waals surface area contributed by atoms with Gasteiger partial charge in [0.05, 0.1) is 17.9 Å². The maximum atomic E-state index is 12.7. The summed E-state index contributed by atoms with van der Waals surface area (Å²) in [5, 5.41) is 3.53. The van der Waals surface area contributed by atoms with E-state index in [1.54, 1.807) is 11.3 Å². The number of carbonyl (C=O) groups excluding carboxylic acids is 2. The second-order valence-electron chi connectivity index (χ2n) is 10.3. The number of nitrogens with zero attached hydrogens (tertiary/aromatic N) is 5. The number of piperazine rings is 1. The number of unbranched alkanes of at least 4 members (excludes halogenated alkanes) is 1. The molecule has 2 aliphatic heterocycles. The Kier molecular flexibility index (Phi) is 8.39. The van der Waals surface area contributed by atoms with Crippen LogP contribution in [0.15, 0.2) is 66.6 Å². The molecule has 0 atom stereocenters. The molecule has 4 aromatic rings. The highest BCUT2D eigenvalue weighted by Crippen LogP contribution is 2.32. The number of benzene rings is 2. The Labute approximate surface area is 243 Å². The van der Waals surface area contributed by atoms with E-state index in [1.807, 2.05) is 18.2 Å². The lowest BCUT2D eigenvalue weighted by atomic mass is 10.0. The van der Waals surface area contributed by atoms with Crippen molar-refractivity contribution >= 4 is 44.7 Å². The summed E-state index contributed by atoms with van der Waals surface area (Å²) in [6, 6.07) is 14.6. The molecule has 0 N–H and O–H groups in total. The third-order valence-corrected chi connectivity index (χ3v) is 8.58. The summed E-state index contributed by atoms with van der Waals surface area (Å²) < 4.78 is 12.8. The Bertz CT molecular complexity index is 1500. The number of carbonyl (C=O) groups is 2. The van der Waals surface area contributed by atoms with E-state index in [0.717, 1.165) is 56.8 Å². The van der Waals surface area contributed by atoms with Crippen LogP contribution in [0, 0.1) is 0 Å². The van der Waals surface area contributed by atoms with Gasteiger partial charge in [0.2, 0.25) is 5.91 Å². The number of rotatable bonds is 10. The predicted molar refractivity (Wildman–Crippen MR) is 160 cm³/mol. The molecule has 0 radical (unpaired) electrons. The Balaban J connectivity index is 0.955. The minimum Gasteiger partial charge on any atom is -0.494 e. The molecule has 212 valence electrons. The van der Waals surface area contributed by atoms with Crippen LogP contribution < -0.4 is 14.5 Å². The third kappa shape index (κ3) is 6.34. The van der Waals surface area contributed by atoms with E-state index >= 15 is 0 Å². The van der Waals surface area contributed by atoms with E-state index in [4.69, 9.17) is 9.47 Å². The topological polar surface area (TPSA) is 88.1 Å². The van der Waals surface area contributed by atoms with Gasteiger partial charge in [-0.25, -0.2) is 14.8 Å². The first-order chi connectivity index (χ1) is 20.2. The lowest BCUT2D eigenvalue weighted by Crippen LogP contribution is -2.46. The van der Waals surface area contributed by atoms with Crippen LogP contribution in [0.1, 0.15) is 35.2 Å². The van der Waals surface area contributed by atoms with E-state index < -0.39 is 5.97 Å². The molecule has 0 unspecified atom stereocenters. The van der Waals surface area contributed by atoms with Gasteiger partial charge in [0.1, 0.15) is 12.1 Å². The van der Waals surface area contributed by atoms with E-state index in [1.165, 1.54) is 39.4 Å². The van der Waals surface area contributed by atoms with E-state index in [0.29, 0.717) is 25.2 Å². The zero-order valence-corrected chi connectivity index (χ0v) is 23.7. The van der Waals surface area contributed by atoms with Crippen molar-refractivity contribution in [2.75, 3.05) is 55.9 Å². The van der Waals surface area contributed by atoms with Crippen molar-refractivity contribution in [1.29, 1.82) is 0 Å². The van der Waals surface area contributed by atoms with Crippen LogP contribution in [0.4, 0.5) is 11.4 Å². The average molecular weight is 572 g/mol. The van der Waals surface area contributed by atoms with Gasteiger partial charge in [-0.1, -0.05) is 12.1 Å². The van der Waals surface area contributed by atoms with Gasteiger partial charge < -0.3 is 14.4 Å². The Morgan fingerprint density at radius 2 is 1.80 bits per heavy atom. The normalized spacial score (nSPS) is 15.7. The molecule has 0 aliphatic carbocycles. The second-order valence-corrected chi connectivity index (χ2v) is 11.2. The standard InChI is InChI=1S/C31H33N5O4S/c37-30-9-7-23-6-8-25(18-28(23)36(30)22-40-31(38)24-19-32-21-33-20-24)39-16-2-1-11-34-12-14-35(15-13-34)27-4-3-5-29-26(27)10-17-41-29/h3-6,8,10,17-21H,1-2,7,9,11-16,22H2. The van der Waals surface area contributed by atoms with Gasteiger partial charge in [0, 0.05) is 66.8 Å². The van der Waals surface area contributed by atoms with Crippen LogP contribution in [-0.2, 0) is 16.0 Å². The van der Waals surface area contributed by atoms with Gasteiger partial charge >= 0.3 is 5.97 Å². The van der Waals surface area contributed by atoms with E-state index in [9.17, 15) is 9.59 Å². The molecular weight excluding hydrogens is 538 g/mol. The number of aromatic nitrogens is 2. The Morgan fingerprint density at radius 1 is 0.951 bits per heavy atom. The van der Waals surface area contributed by atoms with Crippen molar-refractivity contribution in [2.24, 2.45) is 0 Å². The summed E-state index contributed by atoms with van der Waals surface area (Å²) in [7, 11) is 0. The summed E-state index contributed by atoms with van der Waals surface area (Å²) in [5.41, 5.74) is 3.36. The van der Waals surface area contributed by atoms with Gasteiger partial charge in [0.15, 0.2) is 6.73 Å². The molecule has 2 aromatic heterocycles. The molecule has 0 spiro atoms. The summed E-state index contributed by atoms with van der Waals surface area (Å²) in [4.78, 5) is 39.2. The quantitative estimate of drug-likeness (QED) is 0.199. The fraction of sp³-hybridized carbons (Fsp3) is 0.355. The first-order valence-electron chi connectivity index (χ1n) is 14.1. The molecule has 4 heterocycles. The Morgan fingerprint density at radius 3 is 2.66 bits per heavy atom. The van der Waals surface area contributed by atoms with Crippen molar-refractivity contribution in [3.05, 3.63) is 77.7 Å². The molecule has 0 saturated carbocycles. The first kappa shape index (κ1) is 27.2. The third-order valence-electron chi connectivity index (χ3n) is 7.70. The molecule has 1 amide bonds. The van der Waals surface area contributed by atoms with Crippen molar-refractivity contribution in [1.82, 2.24) is 14.9 Å². The lowest BCUT2D eigenvalue weighted by molar-refractivity contribution is -0.119. The predicted octanol–water partition coefficient (Wildman–Crippen LogP) is 4.77. The summed E-state index contributed by atoms with van der Waals surface area (Å²) in [6.45, 7) is 5.73. The zero-order chi connectivity index (χ0) is 28.0. The fourth-order valence-corrected chi connectivity index (χ4v) is 6.26. The van der Waals surface area contributed by atoms with Crippen molar-refractivity contribution < 1.29 is 19.1 Å². The molecule has 41 heavy (non-hydrogen) atoms. The maximum Gasteiger partial charge on any atom is 0.343 e. The minimum absolute atomic E-state index is 0.0844. The van der Waals surface area contributed by atoms with Crippen LogP contribution in [0.5, 0.6) is 5.75 Å². The number of thiophene rings is 1. The number of ether oxygens (including phenoxy) is 2. The molecule has 2 aromatic carbocycles. The highest BCUT2D eigenvalue weighted by atomic mass is 32.1. The van der Waals surface area contributed by atoms with Crippen LogP contribution in [0.3, 0.4) is 0 Å². The van der Waals surface area contributed by atoms with Gasteiger partial charge in [-0.3, -0.25) is 14.6 Å². The molecule has 0 bridgehead atoms. The number of fused-ring (bicyclic) bond motifs is 2. The van der Waals surface area contributed by atoms with Gasteiger partial charge in [-0.2, -0.15) is 0 Å². The maximum absolute atomic E-state index is 12.7. The minimum atomic E-state index is -0.570. The number of amides is 1. The molecular formula is C31H33N5O4S. The fourth-order valence-electron chi connectivity index (χ4n) is 5.45. The van der Waals surface area contributed by atoms with Gasteiger partial charge in [-0.15, -0.1) is 11.3 Å². The molecule has 1 saturated heterocycles. The molecule has 2 aliphatic rings. The zero-order valence-electron chi connectivity index (χ0n) is 22.9. The van der Waals surface area contributed by atoms with Gasteiger partial charge in [-0.05, 0) is 61.0 Å². The summed E-state index contributed by atoms with van der Waals surface area (Å²) in [6.07, 6.45) is 7.16. The number of aryl methyl sites for hydroxylation is 1. The average Bonchev–Trinajstić information content (AvgIpc) is 3.50. The number of hydrogen-bond donors (Lipinski definition) is 0. The monoisotopic (exact) mass is 571 g/mol.